The number of carbonyl (C=O) groups is 1. The molecule has 0 aliphatic rings. The van der Waals surface area contributed by atoms with Crippen molar-refractivity contribution in [3.63, 3.8) is 0 Å². The molecule has 0 saturated carbocycles. The lowest BCUT2D eigenvalue weighted by atomic mass is 10.1. The van der Waals surface area contributed by atoms with Crippen LogP contribution in [-0.2, 0) is 0 Å². The summed E-state index contributed by atoms with van der Waals surface area (Å²) in [6.45, 7) is 1.94. The Morgan fingerprint density at radius 2 is 1.95 bits per heavy atom. The zero-order valence-corrected chi connectivity index (χ0v) is 14.2. The second-order valence-corrected chi connectivity index (χ2v) is 6.30. The fourth-order valence-electron chi connectivity index (χ4n) is 1.96. The van der Waals surface area contributed by atoms with Crippen LogP contribution in [0.1, 0.15) is 28.9 Å². The van der Waals surface area contributed by atoms with E-state index in [1.165, 1.54) is 12.1 Å². The van der Waals surface area contributed by atoms with Crippen molar-refractivity contribution in [1.82, 2.24) is 0 Å². The lowest BCUT2D eigenvalue weighted by molar-refractivity contribution is 0.0692. The van der Waals surface area contributed by atoms with E-state index in [-0.39, 0.29) is 11.6 Å². The number of carboxylic acids is 1. The Morgan fingerprint density at radius 3 is 2.57 bits per heavy atom. The number of aromatic carboxylic acids is 1. The van der Waals surface area contributed by atoms with Crippen LogP contribution in [0.3, 0.4) is 0 Å². The van der Waals surface area contributed by atoms with E-state index in [1.807, 2.05) is 25.1 Å². The predicted octanol–water partition coefficient (Wildman–Crippen LogP) is 5.22. The van der Waals surface area contributed by atoms with Crippen LogP contribution < -0.4 is 5.32 Å². The summed E-state index contributed by atoms with van der Waals surface area (Å²) in [6.07, 6.45) is 0. The van der Waals surface area contributed by atoms with Gasteiger partial charge in [0.25, 0.3) is 0 Å². The maximum atomic E-state index is 13.4. The lowest BCUT2D eigenvalue weighted by Crippen LogP contribution is -2.09. The van der Waals surface area contributed by atoms with Gasteiger partial charge in [0.2, 0.25) is 0 Å². The minimum atomic E-state index is -1.28. The fraction of sp³-hybridized carbons (Fsp3) is 0.133. The number of hydrogen-bond donors (Lipinski definition) is 2. The lowest BCUT2D eigenvalue weighted by Gasteiger charge is -2.18. The van der Waals surface area contributed by atoms with Gasteiger partial charge in [-0.05, 0) is 42.8 Å². The summed E-state index contributed by atoms with van der Waals surface area (Å²) in [5.74, 6) is -2.03. The second-order valence-electron chi connectivity index (χ2n) is 4.53. The fourth-order valence-corrected chi connectivity index (χ4v) is 3.35. The number of hydrogen-bond acceptors (Lipinski definition) is 2. The Hall–Kier alpha value is -1.40. The van der Waals surface area contributed by atoms with E-state index in [9.17, 15) is 9.18 Å². The van der Waals surface area contributed by atoms with Crippen LogP contribution in [0.4, 0.5) is 10.1 Å². The molecule has 110 valence electrons. The van der Waals surface area contributed by atoms with Gasteiger partial charge in [-0.3, -0.25) is 0 Å². The van der Waals surface area contributed by atoms with E-state index >= 15 is 0 Å². The number of halogens is 3. The zero-order chi connectivity index (χ0) is 15.6. The Balaban J connectivity index is 2.25. The van der Waals surface area contributed by atoms with Gasteiger partial charge in [-0.25, -0.2) is 9.18 Å². The number of anilines is 1. The predicted molar refractivity (Wildman–Crippen MR) is 87.2 cm³/mol. The molecule has 0 aliphatic heterocycles. The summed E-state index contributed by atoms with van der Waals surface area (Å²) in [6, 6.07) is 9.70. The van der Waals surface area contributed by atoms with Crippen molar-refractivity contribution in [2.75, 3.05) is 5.32 Å². The Labute approximate surface area is 138 Å². The van der Waals surface area contributed by atoms with Crippen LogP contribution in [-0.4, -0.2) is 11.1 Å². The summed E-state index contributed by atoms with van der Waals surface area (Å²) < 4.78 is 15.3. The molecule has 0 aromatic heterocycles. The van der Waals surface area contributed by atoms with E-state index in [0.29, 0.717) is 5.69 Å². The van der Waals surface area contributed by atoms with Crippen molar-refractivity contribution in [2.45, 2.75) is 13.0 Å². The van der Waals surface area contributed by atoms with Gasteiger partial charge in [0, 0.05) is 20.7 Å². The van der Waals surface area contributed by atoms with Gasteiger partial charge in [-0.2, -0.15) is 0 Å². The van der Waals surface area contributed by atoms with Crippen LogP contribution >= 0.6 is 31.9 Å². The summed E-state index contributed by atoms with van der Waals surface area (Å²) in [4.78, 5) is 10.9. The van der Waals surface area contributed by atoms with E-state index < -0.39 is 11.8 Å². The first-order valence-electron chi connectivity index (χ1n) is 6.13. The van der Waals surface area contributed by atoms with Crippen LogP contribution in [0.5, 0.6) is 0 Å². The molecule has 0 radical (unpaired) electrons. The normalized spacial score (nSPS) is 12.0. The smallest absolute Gasteiger partial charge is 0.338 e. The highest BCUT2D eigenvalue weighted by Gasteiger charge is 2.13. The average molecular weight is 417 g/mol. The standard InChI is InChI=1S/C15H12Br2FNO2/c1-8(11-4-2-9(16)6-13(11)17)19-10-3-5-14(18)12(7-10)15(20)21/h2-8,19H,1H3,(H,20,21). The van der Waals surface area contributed by atoms with Crippen LogP contribution in [0.25, 0.3) is 0 Å². The average Bonchev–Trinajstić information content (AvgIpc) is 2.40. The molecule has 2 rings (SSSR count). The van der Waals surface area contributed by atoms with Gasteiger partial charge in [-0.15, -0.1) is 0 Å². The molecule has 0 heterocycles. The largest absolute Gasteiger partial charge is 0.478 e. The Kier molecular flexibility index (Phi) is 5.00. The summed E-state index contributed by atoms with van der Waals surface area (Å²) in [5, 5.41) is 12.1. The highest BCUT2D eigenvalue weighted by Crippen LogP contribution is 2.29. The first-order chi connectivity index (χ1) is 9.88. The molecule has 0 saturated heterocycles. The maximum absolute atomic E-state index is 13.4. The van der Waals surface area contributed by atoms with Gasteiger partial charge >= 0.3 is 5.97 Å². The molecule has 3 nitrogen and oxygen atoms in total. The van der Waals surface area contributed by atoms with Crippen LogP contribution in [0, 0.1) is 5.82 Å². The molecular weight excluding hydrogens is 405 g/mol. The molecule has 2 aromatic rings. The molecule has 0 fully saturated rings. The quantitative estimate of drug-likeness (QED) is 0.718. The number of rotatable bonds is 4. The number of benzene rings is 2. The van der Waals surface area contributed by atoms with Gasteiger partial charge in [-0.1, -0.05) is 37.9 Å². The third-order valence-corrected chi connectivity index (χ3v) is 4.19. The van der Waals surface area contributed by atoms with E-state index in [1.54, 1.807) is 0 Å². The van der Waals surface area contributed by atoms with E-state index in [2.05, 4.69) is 37.2 Å². The van der Waals surface area contributed by atoms with Gasteiger partial charge < -0.3 is 10.4 Å². The minimum Gasteiger partial charge on any atom is -0.478 e. The Morgan fingerprint density at radius 1 is 1.24 bits per heavy atom. The van der Waals surface area contributed by atoms with Crippen molar-refractivity contribution in [2.24, 2.45) is 0 Å². The molecule has 1 atom stereocenters. The van der Waals surface area contributed by atoms with Crippen LogP contribution in [0.15, 0.2) is 45.3 Å². The number of nitrogens with one attached hydrogen (secondary N) is 1. The van der Waals surface area contributed by atoms with Crippen molar-refractivity contribution >= 4 is 43.5 Å². The highest BCUT2D eigenvalue weighted by atomic mass is 79.9. The van der Waals surface area contributed by atoms with Crippen molar-refractivity contribution in [1.29, 1.82) is 0 Å². The van der Waals surface area contributed by atoms with Gasteiger partial charge in [0.05, 0.1) is 5.56 Å². The molecule has 2 aromatic carbocycles. The first kappa shape index (κ1) is 16.0. The van der Waals surface area contributed by atoms with E-state index in [4.69, 9.17) is 5.11 Å². The topological polar surface area (TPSA) is 49.3 Å². The molecule has 21 heavy (non-hydrogen) atoms. The third kappa shape index (κ3) is 3.83. The van der Waals surface area contributed by atoms with Crippen molar-refractivity contribution in [3.05, 3.63) is 62.3 Å². The first-order valence-corrected chi connectivity index (χ1v) is 7.71. The molecule has 1 unspecified atom stereocenters. The number of carboxylic acid groups (broad SMARTS) is 1. The van der Waals surface area contributed by atoms with Crippen LogP contribution in [0.2, 0.25) is 0 Å². The van der Waals surface area contributed by atoms with Crippen molar-refractivity contribution < 1.29 is 14.3 Å². The summed E-state index contributed by atoms with van der Waals surface area (Å²) >= 11 is 6.87. The van der Waals surface area contributed by atoms with Gasteiger partial charge in [0.15, 0.2) is 0 Å². The minimum absolute atomic E-state index is 0.0698. The van der Waals surface area contributed by atoms with E-state index in [0.717, 1.165) is 20.6 Å². The Bertz CT molecular complexity index is 691. The molecular formula is C15H12Br2FNO2. The maximum Gasteiger partial charge on any atom is 0.338 e. The molecule has 0 aliphatic carbocycles. The van der Waals surface area contributed by atoms with Gasteiger partial charge in [0.1, 0.15) is 5.82 Å². The second kappa shape index (κ2) is 6.58. The molecule has 0 spiro atoms. The molecule has 2 N–H and O–H groups in total. The molecule has 6 heteroatoms. The van der Waals surface area contributed by atoms with Crippen molar-refractivity contribution in [3.8, 4) is 0 Å². The summed E-state index contributed by atoms with van der Waals surface area (Å²) in [5.41, 5.74) is 1.22. The zero-order valence-electron chi connectivity index (χ0n) is 11.0. The highest BCUT2D eigenvalue weighted by molar-refractivity contribution is 9.11. The monoisotopic (exact) mass is 415 g/mol. The molecule has 0 bridgehead atoms. The molecule has 0 amide bonds. The SMILES string of the molecule is CC(Nc1ccc(F)c(C(=O)O)c1)c1ccc(Br)cc1Br. The summed E-state index contributed by atoms with van der Waals surface area (Å²) in [7, 11) is 0. The third-order valence-electron chi connectivity index (χ3n) is 3.01.